The van der Waals surface area contributed by atoms with Gasteiger partial charge in [0.25, 0.3) is 0 Å². The summed E-state index contributed by atoms with van der Waals surface area (Å²) in [5.41, 5.74) is 11.0. The molecule has 0 aromatic heterocycles. The van der Waals surface area contributed by atoms with Crippen molar-refractivity contribution < 1.29 is 28.4 Å². The molecule has 7 aromatic carbocycles. The normalized spacial score (nSPS) is 11.0. The minimum atomic E-state index is 0.574. The Balaban J connectivity index is 1.70. The molecule has 0 heterocycles. The molecule has 0 amide bonds. The standard InChI is InChI=1S/C69H87N3O6/c1-10-16-19-28-49-76-67-52(13-4)35-31-43-60(67)70(55-38-22-25-46-63(55)73-7)58-41-34-42-59(71(56-39-23-26-47-64(56)74-8)61-44-32-36-53(14-5)68(61)77-50-29-20-17-11-2)66(58)72(57-40-24-27-48-65(57)75-9)62-45-33-37-54(15-6)69(62)78-51-30-21-18-12-3/h22-27,31-48H,10-21,28-30,49-51H2,1-9H3. The van der Waals surface area contributed by atoms with Crippen LogP contribution in [0.5, 0.6) is 34.5 Å². The first kappa shape index (κ1) is 58.4. The van der Waals surface area contributed by atoms with E-state index in [9.17, 15) is 0 Å². The van der Waals surface area contributed by atoms with Crippen LogP contribution in [0.4, 0.5) is 51.2 Å². The summed E-state index contributed by atoms with van der Waals surface area (Å²) in [7, 11) is 5.25. The van der Waals surface area contributed by atoms with Crippen molar-refractivity contribution in [1.82, 2.24) is 0 Å². The highest BCUT2D eigenvalue weighted by molar-refractivity contribution is 6.04. The maximum Gasteiger partial charge on any atom is 0.146 e. The lowest BCUT2D eigenvalue weighted by molar-refractivity contribution is 0.303. The first-order valence-corrected chi connectivity index (χ1v) is 29.1. The van der Waals surface area contributed by atoms with Crippen LogP contribution in [-0.4, -0.2) is 41.2 Å². The molecule has 0 bridgehead atoms. The van der Waals surface area contributed by atoms with Gasteiger partial charge in [-0.2, -0.15) is 0 Å². The van der Waals surface area contributed by atoms with E-state index in [0.717, 1.165) is 181 Å². The highest BCUT2D eigenvalue weighted by Crippen LogP contribution is 2.59. The van der Waals surface area contributed by atoms with Crippen molar-refractivity contribution in [3.8, 4) is 34.5 Å². The highest BCUT2D eigenvalue weighted by Gasteiger charge is 2.35. The number of aryl methyl sites for hydroxylation is 3. The van der Waals surface area contributed by atoms with Crippen LogP contribution in [0.2, 0.25) is 0 Å². The van der Waals surface area contributed by atoms with Gasteiger partial charge in [0.2, 0.25) is 0 Å². The van der Waals surface area contributed by atoms with Crippen LogP contribution < -0.4 is 43.1 Å². The van der Waals surface area contributed by atoms with Crippen molar-refractivity contribution in [2.75, 3.05) is 55.8 Å². The number of methoxy groups -OCH3 is 3. The zero-order valence-electron chi connectivity index (χ0n) is 48.4. The topological polar surface area (TPSA) is 65.1 Å². The van der Waals surface area contributed by atoms with E-state index >= 15 is 0 Å². The molecule has 0 atom stereocenters. The first-order valence-electron chi connectivity index (χ1n) is 29.1. The molecule has 0 spiro atoms. The summed E-state index contributed by atoms with van der Waals surface area (Å²) in [4.78, 5) is 7.03. The van der Waals surface area contributed by atoms with E-state index in [1.165, 1.54) is 0 Å². The predicted molar refractivity (Wildman–Crippen MR) is 327 cm³/mol. The van der Waals surface area contributed by atoms with E-state index in [1.54, 1.807) is 21.3 Å². The Hall–Kier alpha value is -7.26. The van der Waals surface area contributed by atoms with E-state index in [-0.39, 0.29) is 0 Å². The molecule has 7 rings (SSSR count). The van der Waals surface area contributed by atoms with Gasteiger partial charge >= 0.3 is 0 Å². The van der Waals surface area contributed by atoms with Gasteiger partial charge in [-0.25, -0.2) is 0 Å². The van der Waals surface area contributed by atoms with Crippen LogP contribution in [0.1, 0.15) is 135 Å². The third-order valence-corrected chi connectivity index (χ3v) is 14.5. The Kier molecular flexibility index (Phi) is 22.9. The summed E-state index contributed by atoms with van der Waals surface area (Å²) in [5, 5.41) is 0. The average molecular weight is 1050 g/mol. The zero-order valence-corrected chi connectivity index (χ0v) is 48.4. The number of ether oxygens (including phenoxy) is 6. The molecule has 0 N–H and O–H groups in total. The Morgan fingerprint density at radius 1 is 0.282 bits per heavy atom. The molecule has 0 aliphatic heterocycles. The van der Waals surface area contributed by atoms with E-state index in [2.05, 4.69) is 165 Å². The quantitative estimate of drug-likeness (QED) is 0.0374. The van der Waals surface area contributed by atoms with E-state index in [4.69, 9.17) is 28.4 Å². The maximum absolute atomic E-state index is 7.17. The number of anilines is 9. The second-order valence-corrected chi connectivity index (χ2v) is 19.8. The molecule has 0 aliphatic carbocycles. The maximum atomic E-state index is 7.17. The number of rotatable bonds is 33. The van der Waals surface area contributed by atoms with Gasteiger partial charge in [-0.1, -0.05) is 178 Å². The fourth-order valence-corrected chi connectivity index (χ4v) is 10.4. The number of benzene rings is 7. The van der Waals surface area contributed by atoms with Crippen LogP contribution in [0.15, 0.2) is 146 Å². The third-order valence-electron chi connectivity index (χ3n) is 14.5. The summed E-state index contributed by atoms with van der Waals surface area (Å²) < 4.78 is 40.6. The van der Waals surface area contributed by atoms with E-state index in [1.807, 2.05) is 36.4 Å². The number of hydrogen-bond donors (Lipinski definition) is 0. The third kappa shape index (κ3) is 13.9. The average Bonchev–Trinajstić information content (AvgIpc) is 3.68. The minimum Gasteiger partial charge on any atom is -0.495 e. The van der Waals surface area contributed by atoms with Gasteiger partial charge in [0.1, 0.15) is 34.5 Å². The second-order valence-electron chi connectivity index (χ2n) is 19.8. The molecule has 0 unspecified atom stereocenters. The van der Waals surface area contributed by atoms with Gasteiger partial charge in [-0.15, -0.1) is 0 Å². The summed E-state index contributed by atoms with van der Waals surface area (Å²) in [5.74, 6) is 4.59. The number of para-hydroxylation sites is 10. The van der Waals surface area contributed by atoms with Gasteiger partial charge in [0.05, 0.1) is 92.3 Å². The molecule has 7 aromatic rings. The van der Waals surface area contributed by atoms with Gasteiger partial charge in [0.15, 0.2) is 0 Å². The molecule has 0 aliphatic rings. The lowest BCUT2D eigenvalue weighted by Gasteiger charge is -2.39. The molecule has 0 saturated carbocycles. The number of hydrogen-bond acceptors (Lipinski definition) is 9. The SMILES string of the molecule is CCCCCCOc1c(CC)cccc1N(c1ccccc1OC)c1cccc(N(c2ccccc2OC)c2cccc(CC)c2OCCCCCC)c1N(c1ccccc1OC)c1cccc(CC)c1OCCCCCC. The molecular formula is C69H87N3O6. The number of nitrogens with zero attached hydrogens (tertiary/aromatic N) is 3. The lowest BCUT2D eigenvalue weighted by Crippen LogP contribution is -2.23. The first-order chi connectivity index (χ1) is 38.4. The van der Waals surface area contributed by atoms with Crippen LogP contribution in [0.3, 0.4) is 0 Å². The summed E-state index contributed by atoms with van der Waals surface area (Å²) in [6.45, 7) is 15.1. The van der Waals surface area contributed by atoms with Gasteiger partial charge in [-0.3, -0.25) is 4.90 Å². The van der Waals surface area contributed by atoms with Crippen molar-refractivity contribution in [3.05, 3.63) is 162 Å². The van der Waals surface area contributed by atoms with Gasteiger partial charge < -0.3 is 38.2 Å². The molecule has 0 radical (unpaired) electrons. The highest BCUT2D eigenvalue weighted by atomic mass is 16.5. The summed E-state index contributed by atoms with van der Waals surface area (Å²) >= 11 is 0. The molecule has 414 valence electrons. The summed E-state index contributed by atoms with van der Waals surface area (Å²) in [6.07, 6.45) is 15.3. The Bertz CT molecular complexity index is 2800. The van der Waals surface area contributed by atoms with Gasteiger partial charge in [-0.05, 0) is 122 Å². The van der Waals surface area contributed by atoms with Gasteiger partial charge in [0, 0.05) is 0 Å². The smallest absolute Gasteiger partial charge is 0.146 e. The van der Waals surface area contributed by atoms with Crippen molar-refractivity contribution in [2.24, 2.45) is 0 Å². The lowest BCUT2D eigenvalue weighted by atomic mass is 10.0. The van der Waals surface area contributed by atoms with E-state index in [0.29, 0.717) is 37.1 Å². The Labute approximate surface area is 468 Å². The molecule has 0 fully saturated rings. The minimum absolute atomic E-state index is 0.574. The van der Waals surface area contributed by atoms with Crippen LogP contribution in [0, 0.1) is 0 Å². The van der Waals surface area contributed by atoms with Crippen LogP contribution >= 0.6 is 0 Å². The molecule has 9 nitrogen and oxygen atoms in total. The van der Waals surface area contributed by atoms with E-state index < -0.39 is 0 Å². The van der Waals surface area contributed by atoms with Crippen molar-refractivity contribution in [2.45, 2.75) is 138 Å². The summed E-state index contributed by atoms with van der Waals surface area (Å²) in [6, 6.07) is 51.1. The molecule has 78 heavy (non-hydrogen) atoms. The van der Waals surface area contributed by atoms with Crippen LogP contribution in [-0.2, 0) is 19.3 Å². The fourth-order valence-electron chi connectivity index (χ4n) is 10.4. The number of unbranched alkanes of at least 4 members (excludes halogenated alkanes) is 9. The zero-order chi connectivity index (χ0) is 55.1. The van der Waals surface area contributed by atoms with Crippen molar-refractivity contribution in [1.29, 1.82) is 0 Å². The predicted octanol–water partition coefficient (Wildman–Crippen LogP) is 19.7. The van der Waals surface area contributed by atoms with Crippen molar-refractivity contribution in [3.63, 3.8) is 0 Å². The largest absolute Gasteiger partial charge is 0.495 e. The Morgan fingerprint density at radius 2 is 0.564 bits per heavy atom. The molecule has 9 heteroatoms. The van der Waals surface area contributed by atoms with Crippen LogP contribution in [0.25, 0.3) is 0 Å². The monoisotopic (exact) mass is 1050 g/mol. The second kappa shape index (κ2) is 30.6. The fraction of sp³-hybridized carbons (Fsp3) is 0.391. The molecular weight excluding hydrogens is 967 g/mol. The molecule has 0 saturated heterocycles. The van der Waals surface area contributed by atoms with Crippen molar-refractivity contribution >= 4 is 51.2 Å². The Morgan fingerprint density at radius 3 is 0.885 bits per heavy atom.